The van der Waals surface area contributed by atoms with Gasteiger partial charge in [-0.15, -0.1) is 11.6 Å². The topological polar surface area (TPSA) is 12.0 Å². The highest BCUT2D eigenvalue weighted by Gasteiger charge is 2.24. The highest BCUT2D eigenvalue weighted by Crippen LogP contribution is 2.33. The van der Waals surface area contributed by atoms with Gasteiger partial charge in [-0.1, -0.05) is 24.3 Å². The van der Waals surface area contributed by atoms with E-state index in [4.69, 9.17) is 11.6 Å². The maximum atomic E-state index is 5.90. The second-order valence-electron chi connectivity index (χ2n) is 4.73. The van der Waals surface area contributed by atoms with Gasteiger partial charge in [0.1, 0.15) is 0 Å². The van der Waals surface area contributed by atoms with Gasteiger partial charge >= 0.3 is 0 Å². The van der Waals surface area contributed by atoms with Crippen molar-refractivity contribution in [3.05, 3.63) is 35.4 Å². The summed E-state index contributed by atoms with van der Waals surface area (Å²) in [6, 6.07) is 8.76. The van der Waals surface area contributed by atoms with Crippen molar-refractivity contribution in [1.29, 1.82) is 0 Å². The maximum absolute atomic E-state index is 5.90. The Balaban J connectivity index is 1.63. The zero-order chi connectivity index (χ0) is 11.4. The Hall–Kier alpha value is -0.530. The molecule has 16 heavy (non-hydrogen) atoms. The lowest BCUT2D eigenvalue weighted by Gasteiger charge is -2.30. The normalized spacial score (nSPS) is 20.0. The van der Waals surface area contributed by atoms with E-state index in [0.29, 0.717) is 5.38 Å². The van der Waals surface area contributed by atoms with Gasteiger partial charge in [0.2, 0.25) is 0 Å². The summed E-state index contributed by atoms with van der Waals surface area (Å²) < 4.78 is 0. The minimum Gasteiger partial charge on any atom is -0.316 e. The molecule has 0 saturated heterocycles. The number of halogens is 1. The molecule has 0 aromatic heterocycles. The molecule has 0 aliphatic heterocycles. The molecule has 2 unspecified atom stereocenters. The second kappa shape index (κ2) is 5.70. The van der Waals surface area contributed by atoms with Gasteiger partial charge in [-0.3, -0.25) is 0 Å². The summed E-state index contributed by atoms with van der Waals surface area (Å²) in [5, 5.41) is 3.84. The van der Waals surface area contributed by atoms with E-state index in [-0.39, 0.29) is 0 Å². The van der Waals surface area contributed by atoms with E-state index < -0.39 is 0 Å². The molecular weight excluding hydrogens is 218 g/mol. The van der Waals surface area contributed by atoms with Crippen molar-refractivity contribution in [2.45, 2.75) is 37.5 Å². The first kappa shape index (κ1) is 11.9. The third kappa shape index (κ3) is 2.99. The van der Waals surface area contributed by atoms with E-state index in [9.17, 15) is 0 Å². The van der Waals surface area contributed by atoms with Crippen molar-refractivity contribution >= 4 is 11.6 Å². The van der Waals surface area contributed by atoms with E-state index in [1.165, 1.54) is 18.4 Å². The van der Waals surface area contributed by atoms with Crippen LogP contribution in [0.5, 0.6) is 0 Å². The molecule has 0 saturated carbocycles. The van der Waals surface area contributed by atoms with Crippen LogP contribution in [0, 0.1) is 0 Å². The van der Waals surface area contributed by atoms with E-state index in [0.717, 1.165) is 25.4 Å². The molecule has 88 valence electrons. The van der Waals surface area contributed by atoms with Crippen LogP contribution in [0.1, 0.15) is 36.8 Å². The molecule has 2 rings (SSSR count). The number of hydrogen-bond acceptors (Lipinski definition) is 1. The van der Waals surface area contributed by atoms with Gasteiger partial charge in [-0.2, -0.15) is 0 Å². The molecule has 1 aromatic carbocycles. The van der Waals surface area contributed by atoms with Gasteiger partial charge in [0, 0.05) is 17.8 Å². The first-order valence-corrected chi connectivity index (χ1v) is 6.63. The van der Waals surface area contributed by atoms with Crippen LogP contribution in [0.3, 0.4) is 0 Å². The molecule has 0 radical (unpaired) electrons. The predicted molar refractivity (Wildman–Crippen MR) is 70.3 cm³/mol. The summed E-state index contributed by atoms with van der Waals surface area (Å²) in [6.45, 7) is 4.27. The molecule has 1 N–H and O–H groups in total. The first-order chi connectivity index (χ1) is 7.77. The molecule has 1 aliphatic rings. The van der Waals surface area contributed by atoms with Crippen molar-refractivity contribution in [2.75, 3.05) is 13.1 Å². The Morgan fingerprint density at radius 2 is 2.25 bits per heavy atom. The fourth-order valence-corrected chi connectivity index (χ4v) is 2.48. The number of rotatable bonds is 6. The molecule has 0 bridgehead atoms. The molecule has 0 heterocycles. The van der Waals surface area contributed by atoms with Gasteiger partial charge < -0.3 is 5.32 Å². The number of nitrogens with one attached hydrogen (secondary N) is 1. The lowest BCUT2D eigenvalue weighted by molar-refractivity contribution is 0.523. The van der Waals surface area contributed by atoms with E-state index >= 15 is 0 Å². The number of benzene rings is 1. The predicted octanol–water partition coefficient (Wildman–Crippen LogP) is 3.32. The smallest absolute Gasteiger partial charge is 0.0308 e. The van der Waals surface area contributed by atoms with Crippen LogP contribution in [0.15, 0.2) is 24.3 Å². The minimum atomic E-state index is 0.311. The molecule has 2 heteroatoms. The molecule has 0 amide bonds. The van der Waals surface area contributed by atoms with Gasteiger partial charge in [0.15, 0.2) is 0 Å². The van der Waals surface area contributed by atoms with Gasteiger partial charge in [0.25, 0.3) is 0 Å². The van der Waals surface area contributed by atoms with Crippen LogP contribution in [-0.2, 0) is 6.42 Å². The third-order valence-electron chi connectivity index (χ3n) is 3.31. The second-order valence-corrected chi connectivity index (χ2v) is 5.47. The van der Waals surface area contributed by atoms with Crippen LogP contribution in [0.4, 0.5) is 0 Å². The van der Waals surface area contributed by atoms with Crippen molar-refractivity contribution in [3.8, 4) is 0 Å². The highest BCUT2D eigenvalue weighted by molar-refractivity contribution is 6.20. The van der Waals surface area contributed by atoms with Crippen molar-refractivity contribution in [3.63, 3.8) is 0 Å². The molecule has 1 nitrogen and oxygen atoms in total. The summed E-state index contributed by atoms with van der Waals surface area (Å²) in [4.78, 5) is 0. The molecule has 2 atom stereocenters. The van der Waals surface area contributed by atoms with Crippen molar-refractivity contribution < 1.29 is 0 Å². The van der Waals surface area contributed by atoms with Crippen molar-refractivity contribution in [2.24, 2.45) is 0 Å². The highest BCUT2D eigenvalue weighted by atomic mass is 35.5. The van der Waals surface area contributed by atoms with E-state index in [2.05, 4.69) is 36.5 Å². The molecular formula is C14H20ClN. The van der Waals surface area contributed by atoms with Gasteiger partial charge in [0.05, 0.1) is 0 Å². The zero-order valence-electron chi connectivity index (χ0n) is 9.88. The number of alkyl halides is 1. The van der Waals surface area contributed by atoms with Crippen LogP contribution in [0.25, 0.3) is 0 Å². The lowest BCUT2D eigenvalue weighted by atomic mass is 9.77. The number of hydrogen-bond donors (Lipinski definition) is 1. The van der Waals surface area contributed by atoms with Crippen LogP contribution in [0.2, 0.25) is 0 Å². The standard InChI is InChI=1S/C14H20ClN/c1-11(15)5-4-8-16-10-13-9-12-6-2-3-7-14(12)13/h2-3,6-7,11,13,16H,4-5,8-10H2,1H3. The van der Waals surface area contributed by atoms with E-state index in [1.54, 1.807) is 5.56 Å². The lowest BCUT2D eigenvalue weighted by Crippen LogP contribution is -2.29. The van der Waals surface area contributed by atoms with Crippen LogP contribution >= 0.6 is 11.6 Å². The Morgan fingerprint density at radius 1 is 1.44 bits per heavy atom. The average molecular weight is 238 g/mol. The Kier molecular flexibility index (Phi) is 4.25. The summed E-state index contributed by atoms with van der Waals surface area (Å²) in [7, 11) is 0. The Morgan fingerprint density at radius 3 is 3.00 bits per heavy atom. The van der Waals surface area contributed by atoms with Crippen molar-refractivity contribution in [1.82, 2.24) is 5.32 Å². The fourth-order valence-electron chi connectivity index (χ4n) is 2.33. The Labute approximate surface area is 103 Å². The SMILES string of the molecule is CC(Cl)CCCNCC1Cc2ccccc21. The van der Waals surface area contributed by atoms with Crippen LogP contribution in [-0.4, -0.2) is 18.5 Å². The third-order valence-corrected chi connectivity index (χ3v) is 3.53. The molecule has 1 aromatic rings. The zero-order valence-corrected chi connectivity index (χ0v) is 10.6. The maximum Gasteiger partial charge on any atom is 0.0308 e. The van der Waals surface area contributed by atoms with Gasteiger partial charge in [-0.05, 0) is 43.9 Å². The van der Waals surface area contributed by atoms with Gasteiger partial charge in [-0.25, -0.2) is 0 Å². The molecule has 0 fully saturated rings. The monoisotopic (exact) mass is 237 g/mol. The molecule has 0 spiro atoms. The first-order valence-electron chi connectivity index (χ1n) is 6.20. The summed E-state index contributed by atoms with van der Waals surface area (Å²) in [5.41, 5.74) is 3.07. The summed E-state index contributed by atoms with van der Waals surface area (Å²) >= 11 is 5.90. The van der Waals surface area contributed by atoms with E-state index in [1.807, 2.05) is 0 Å². The molecule has 1 aliphatic carbocycles. The van der Waals surface area contributed by atoms with Crippen LogP contribution < -0.4 is 5.32 Å². The average Bonchev–Trinajstić information content (AvgIpc) is 2.23. The summed E-state index contributed by atoms with van der Waals surface area (Å²) in [5.74, 6) is 0.740. The summed E-state index contributed by atoms with van der Waals surface area (Å²) in [6.07, 6.45) is 3.53. The number of fused-ring (bicyclic) bond motifs is 1. The quantitative estimate of drug-likeness (QED) is 0.591. The largest absolute Gasteiger partial charge is 0.316 e. The fraction of sp³-hybridized carbons (Fsp3) is 0.571. The Bertz CT molecular complexity index is 335. The minimum absolute atomic E-state index is 0.311.